The van der Waals surface area contributed by atoms with Gasteiger partial charge in [0, 0.05) is 23.8 Å². The van der Waals surface area contributed by atoms with Crippen LogP contribution in [0.1, 0.15) is 20.3 Å². The van der Waals surface area contributed by atoms with Crippen LogP contribution in [0.5, 0.6) is 5.75 Å². The fraction of sp³-hybridized carbons (Fsp3) is 0.417. The maximum Gasteiger partial charge on any atom is 0.204 e. The van der Waals surface area contributed by atoms with Crippen molar-refractivity contribution in [3.05, 3.63) is 59.4 Å². The Bertz CT molecular complexity index is 1270. The van der Waals surface area contributed by atoms with Crippen LogP contribution in [0, 0.1) is 10.7 Å². The molecule has 2 heterocycles. The summed E-state index contributed by atoms with van der Waals surface area (Å²) in [4.78, 5) is 2.21. The average molecular weight is 487 g/mol. The third kappa shape index (κ3) is 5.37. The minimum Gasteiger partial charge on any atom is -0.497 e. The SMILES string of the molecule is COc1cccc(-c2nn(CN(CC(C)C)C3CCS(=O)(=O)C3)c(=S)n2-c2ccccc2)c1. The zero-order valence-electron chi connectivity index (χ0n) is 19.2. The molecule has 1 atom stereocenters. The second-order valence-electron chi connectivity index (χ2n) is 8.87. The third-order valence-electron chi connectivity index (χ3n) is 5.82. The van der Waals surface area contributed by atoms with E-state index in [0.29, 0.717) is 29.6 Å². The van der Waals surface area contributed by atoms with Crippen molar-refractivity contribution in [1.82, 2.24) is 19.2 Å². The Morgan fingerprint density at radius 3 is 2.58 bits per heavy atom. The van der Waals surface area contributed by atoms with E-state index in [0.717, 1.165) is 23.5 Å². The molecule has 7 nitrogen and oxygen atoms in total. The molecule has 176 valence electrons. The minimum absolute atomic E-state index is 0.0264. The van der Waals surface area contributed by atoms with Crippen molar-refractivity contribution in [2.45, 2.75) is 33.0 Å². The number of methoxy groups -OCH3 is 1. The zero-order valence-corrected chi connectivity index (χ0v) is 20.8. The molecule has 0 N–H and O–H groups in total. The minimum atomic E-state index is -2.99. The molecule has 33 heavy (non-hydrogen) atoms. The molecule has 1 aliphatic rings. The molecular weight excluding hydrogens is 456 g/mol. The van der Waals surface area contributed by atoms with E-state index in [4.69, 9.17) is 22.1 Å². The normalized spacial score (nSPS) is 17.7. The maximum absolute atomic E-state index is 12.2. The first-order chi connectivity index (χ1) is 15.8. The molecule has 0 amide bonds. The molecule has 0 aliphatic carbocycles. The highest BCUT2D eigenvalue weighted by atomic mass is 32.2. The zero-order chi connectivity index (χ0) is 23.6. The second-order valence-corrected chi connectivity index (χ2v) is 11.5. The predicted molar refractivity (Wildman–Crippen MR) is 133 cm³/mol. The van der Waals surface area contributed by atoms with Gasteiger partial charge in [-0.1, -0.05) is 44.2 Å². The fourth-order valence-electron chi connectivity index (χ4n) is 4.29. The highest BCUT2D eigenvalue weighted by Gasteiger charge is 2.33. The Morgan fingerprint density at radius 2 is 1.94 bits per heavy atom. The monoisotopic (exact) mass is 486 g/mol. The van der Waals surface area contributed by atoms with E-state index in [1.165, 1.54) is 0 Å². The van der Waals surface area contributed by atoms with Crippen LogP contribution in [0.3, 0.4) is 0 Å². The highest BCUT2D eigenvalue weighted by Crippen LogP contribution is 2.27. The first kappa shape index (κ1) is 23.7. The Morgan fingerprint density at radius 1 is 1.18 bits per heavy atom. The summed E-state index contributed by atoms with van der Waals surface area (Å²) in [5.41, 5.74) is 1.81. The number of para-hydroxylation sites is 1. The number of sulfone groups is 1. The lowest BCUT2D eigenvalue weighted by molar-refractivity contribution is 0.137. The van der Waals surface area contributed by atoms with Crippen molar-refractivity contribution in [2.75, 3.05) is 25.2 Å². The maximum atomic E-state index is 12.2. The van der Waals surface area contributed by atoms with Crippen LogP contribution < -0.4 is 4.74 Å². The van der Waals surface area contributed by atoms with Crippen LogP contribution in [0.25, 0.3) is 17.1 Å². The topological polar surface area (TPSA) is 69.4 Å². The van der Waals surface area contributed by atoms with Gasteiger partial charge in [-0.25, -0.2) is 13.1 Å². The first-order valence-electron chi connectivity index (χ1n) is 11.1. The summed E-state index contributed by atoms with van der Waals surface area (Å²) in [5, 5.41) is 4.92. The van der Waals surface area contributed by atoms with Gasteiger partial charge in [-0.15, -0.1) is 5.10 Å². The lowest BCUT2D eigenvalue weighted by Gasteiger charge is -2.29. The van der Waals surface area contributed by atoms with E-state index in [1.807, 2.05) is 63.8 Å². The number of nitrogens with zero attached hydrogens (tertiary/aromatic N) is 4. The molecule has 1 aromatic heterocycles. The van der Waals surface area contributed by atoms with Crippen molar-refractivity contribution in [2.24, 2.45) is 5.92 Å². The van der Waals surface area contributed by atoms with Gasteiger partial charge < -0.3 is 4.74 Å². The van der Waals surface area contributed by atoms with Gasteiger partial charge in [0.25, 0.3) is 0 Å². The summed E-state index contributed by atoms with van der Waals surface area (Å²) in [6.45, 7) is 5.49. The van der Waals surface area contributed by atoms with Crippen molar-refractivity contribution >= 4 is 22.1 Å². The average Bonchev–Trinajstić information content (AvgIpc) is 3.32. The summed E-state index contributed by atoms with van der Waals surface area (Å²) in [6, 6.07) is 17.6. The summed E-state index contributed by atoms with van der Waals surface area (Å²) in [7, 11) is -1.35. The molecule has 0 spiro atoms. The molecule has 4 rings (SSSR count). The number of ether oxygens (including phenoxy) is 1. The number of aromatic nitrogens is 3. The largest absolute Gasteiger partial charge is 0.497 e. The number of hydrogen-bond acceptors (Lipinski definition) is 6. The van der Waals surface area contributed by atoms with Crippen molar-refractivity contribution < 1.29 is 13.2 Å². The number of benzene rings is 2. The lowest BCUT2D eigenvalue weighted by atomic mass is 10.1. The fourth-order valence-corrected chi connectivity index (χ4v) is 6.34. The molecule has 9 heteroatoms. The molecular formula is C24H30N4O3S2. The molecule has 3 aromatic rings. The number of rotatable bonds is 8. The Balaban J connectivity index is 1.78. The van der Waals surface area contributed by atoms with Crippen molar-refractivity contribution in [3.8, 4) is 22.8 Å². The van der Waals surface area contributed by atoms with Crippen LogP contribution in [-0.4, -0.2) is 58.9 Å². The van der Waals surface area contributed by atoms with Gasteiger partial charge in [0.1, 0.15) is 5.75 Å². The summed E-state index contributed by atoms with van der Waals surface area (Å²) in [5.74, 6) is 2.27. The molecule has 1 unspecified atom stereocenters. The van der Waals surface area contributed by atoms with Gasteiger partial charge in [-0.05, 0) is 48.8 Å². The van der Waals surface area contributed by atoms with E-state index < -0.39 is 9.84 Å². The summed E-state index contributed by atoms with van der Waals surface area (Å²) < 4.78 is 34.1. The molecule has 1 saturated heterocycles. The predicted octanol–water partition coefficient (Wildman–Crippen LogP) is 4.18. The summed E-state index contributed by atoms with van der Waals surface area (Å²) >= 11 is 5.90. The van der Waals surface area contributed by atoms with Gasteiger partial charge >= 0.3 is 0 Å². The molecule has 2 aromatic carbocycles. The Kier molecular flexibility index (Phi) is 7.02. The highest BCUT2D eigenvalue weighted by molar-refractivity contribution is 7.91. The van der Waals surface area contributed by atoms with Crippen molar-refractivity contribution in [1.29, 1.82) is 0 Å². The molecule has 0 saturated carbocycles. The van der Waals surface area contributed by atoms with Gasteiger partial charge in [-0.3, -0.25) is 9.47 Å². The third-order valence-corrected chi connectivity index (χ3v) is 7.97. The molecule has 0 bridgehead atoms. The molecule has 1 aliphatic heterocycles. The second kappa shape index (κ2) is 9.79. The Labute approximate surface area is 200 Å². The lowest BCUT2D eigenvalue weighted by Crippen LogP contribution is -2.40. The quantitative estimate of drug-likeness (QED) is 0.445. The van der Waals surface area contributed by atoms with Gasteiger partial charge in [-0.2, -0.15) is 0 Å². The Hall–Kier alpha value is -2.49. The van der Waals surface area contributed by atoms with Crippen LogP contribution in [0.2, 0.25) is 0 Å². The van der Waals surface area contributed by atoms with E-state index in [-0.39, 0.29) is 17.5 Å². The standard InChI is InChI=1S/C24H30N4O3S2/c1-18(2)15-26(21-12-13-33(29,30)16-21)17-27-24(32)28(20-9-5-4-6-10-20)23(25-27)19-8-7-11-22(14-19)31-3/h4-11,14,18,21H,12-13,15-17H2,1-3H3. The first-order valence-corrected chi connectivity index (χ1v) is 13.3. The van der Waals surface area contributed by atoms with E-state index in [2.05, 4.69) is 18.7 Å². The van der Waals surface area contributed by atoms with E-state index in [9.17, 15) is 8.42 Å². The smallest absolute Gasteiger partial charge is 0.204 e. The summed E-state index contributed by atoms with van der Waals surface area (Å²) in [6.07, 6.45) is 0.643. The van der Waals surface area contributed by atoms with E-state index in [1.54, 1.807) is 7.11 Å². The van der Waals surface area contributed by atoms with Crippen LogP contribution in [0.15, 0.2) is 54.6 Å². The van der Waals surface area contributed by atoms with Crippen LogP contribution in [0.4, 0.5) is 0 Å². The van der Waals surface area contributed by atoms with Gasteiger partial charge in [0.2, 0.25) is 4.77 Å². The van der Waals surface area contributed by atoms with Crippen LogP contribution >= 0.6 is 12.2 Å². The molecule has 0 radical (unpaired) electrons. The van der Waals surface area contributed by atoms with Crippen LogP contribution in [-0.2, 0) is 16.5 Å². The van der Waals surface area contributed by atoms with Gasteiger partial charge in [0.15, 0.2) is 15.7 Å². The molecule has 1 fully saturated rings. The van der Waals surface area contributed by atoms with E-state index >= 15 is 0 Å². The van der Waals surface area contributed by atoms with Gasteiger partial charge in [0.05, 0.1) is 25.3 Å². The number of hydrogen-bond donors (Lipinski definition) is 0. The van der Waals surface area contributed by atoms with Crippen molar-refractivity contribution in [3.63, 3.8) is 0 Å².